The summed E-state index contributed by atoms with van der Waals surface area (Å²) in [6.07, 6.45) is 8.02. The zero-order chi connectivity index (χ0) is 8.81. The van der Waals surface area contributed by atoms with Crippen molar-refractivity contribution in [1.29, 1.82) is 0 Å². The van der Waals surface area contributed by atoms with Gasteiger partial charge in [0.25, 0.3) is 0 Å². The maximum Gasteiger partial charge on any atom is -0.00745 e. The summed E-state index contributed by atoms with van der Waals surface area (Å²) >= 11 is 0. The van der Waals surface area contributed by atoms with Gasteiger partial charge in [-0.05, 0) is 37.8 Å². The van der Waals surface area contributed by atoms with Crippen molar-refractivity contribution in [3.8, 4) is 0 Å². The van der Waals surface area contributed by atoms with Crippen LogP contribution in [0.15, 0.2) is 0 Å². The summed E-state index contributed by atoms with van der Waals surface area (Å²) in [5.41, 5.74) is 11.2. The Bertz CT molecular complexity index is 96.4. The van der Waals surface area contributed by atoms with Gasteiger partial charge in [-0.3, -0.25) is 0 Å². The van der Waals surface area contributed by atoms with E-state index in [-0.39, 0.29) is 0 Å². The van der Waals surface area contributed by atoms with Gasteiger partial charge in [0.1, 0.15) is 0 Å². The molecule has 1 rings (SSSR count). The molecule has 0 spiro atoms. The molecule has 0 aromatic heterocycles. The highest BCUT2D eigenvalue weighted by molar-refractivity contribution is 4.75. The van der Waals surface area contributed by atoms with Crippen molar-refractivity contribution in [3.63, 3.8) is 0 Å². The minimum Gasteiger partial charge on any atom is -0.330 e. The predicted octanol–water partition coefficient (Wildman–Crippen LogP) is 1.49. The van der Waals surface area contributed by atoms with Crippen LogP contribution in [0.25, 0.3) is 0 Å². The number of hydrogen-bond acceptors (Lipinski definition) is 2. The molecule has 1 aliphatic carbocycles. The third-order valence-electron chi connectivity index (χ3n) is 3.14. The highest BCUT2D eigenvalue weighted by Gasteiger charge is 2.23. The van der Waals surface area contributed by atoms with Gasteiger partial charge in [0, 0.05) is 0 Å². The van der Waals surface area contributed by atoms with Crippen LogP contribution in [0.1, 0.15) is 38.5 Å². The molecule has 72 valence electrons. The van der Waals surface area contributed by atoms with Crippen LogP contribution in [0.3, 0.4) is 0 Å². The average molecular weight is 170 g/mol. The minimum atomic E-state index is 0.853. The lowest BCUT2D eigenvalue weighted by Crippen LogP contribution is -2.24. The summed E-state index contributed by atoms with van der Waals surface area (Å²) in [4.78, 5) is 0. The fraction of sp³-hybridized carbons (Fsp3) is 1.00. The first kappa shape index (κ1) is 10.0. The minimum absolute atomic E-state index is 0.853. The molecule has 1 saturated carbocycles. The van der Waals surface area contributed by atoms with E-state index >= 15 is 0 Å². The first-order chi connectivity index (χ1) is 5.88. The molecular formula is C10H22N2. The molecule has 4 N–H and O–H groups in total. The Balaban J connectivity index is 2.31. The number of nitrogens with two attached hydrogens (primary N) is 2. The van der Waals surface area contributed by atoms with Gasteiger partial charge < -0.3 is 11.5 Å². The second-order valence-corrected chi connectivity index (χ2v) is 3.96. The molecule has 2 atom stereocenters. The van der Waals surface area contributed by atoms with Crippen molar-refractivity contribution in [2.24, 2.45) is 23.3 Å². The molecule has 1 aliphatic rings. The van der Waals surface area contributed by atoms with Crippen LogP contribution < -0.4 is 11.5 Å². The van der Waals surface area contributed by atoms with Crippen molar-refractivity contribution in [2.75, 3.05) is 13.1 Å². The summed E-state index contributed by atoms with van der Waals surface area (Å²) in [5, 5.41) is 0. The van der Waals surface area contributed by atoms with E-state index in [0.717, 1.165) is 24.9 Å². The largest absolute Gasteiger partial charge is 0.330 e. The Morgan fingerprint density at radius 2 is 1.25 bits per heavy atom. The topological polar surface area (TPSA) is 52.0 Å². The van der Waals surface area contributed by atoms with E-state index in [0.29, 0.717) is 0 Å². The molecule has 0 aromatic rings. The molecule has 0 heterocycles. The van der Waals surface area contributed by atoms with Crippen LogP contribution in [0.5, 0.6) is 0 Å². The van der Waals surface area contributed by atoms with E-state index in [9.17, 15) is 0 Å². The van der Waals surface area contributed by atoms with E-state index in [4.69, 9.17) is 11.5 Å². The molecule has 0 amide bonds. The van der Waals surface area contributed by atoms with Gasteiger partial charge >= 0.3 is 0 Å². The van der Waals surface area contributed by atoms with Gasteiger partial charge in [-0.25, -0.2) is 0 Å². The normalized spacial score (nSPS) is 30.5. The molecule has 2 nitrogen and oxygen atoms in total. The monoisotopic (exact) mass is 170 g/mol. The van der Waals surface area contributed by atoms with Crippen LogP contribution in [0, 0.1) is 11.8 Å². The average Bonchev–Trinajstić information content (AvgIpc) is 2.09. The molecule has 0 aromatic carbocycles. The molecule has 0 aliphatic heterocycles. The number of hydrogen-bond donors (Lipinski definition) is 2. The fourth-order valence-corrected chi connectivity index (χ4v) is 2.47. The van der Waals surface area contributed by atoms with Gasteiger partial charge in [0.2, 0.25) is 0 Å². The van der Waals surface area contributed by atoms with Gasteiger partial charge in [-0.1, -0.05) is 25.7 Å². The van der Waals surface area contributed by atoms with E-state index < -0.39 is 0 Å². The molecule has 0 saturated heterocycles. The maximum absolute atomic E-state index is 5.59. The molecule has 0 unspecified atom stereocenters. The summed E-state index contributed by atoms with van der Waals surface area (Å²) in [6, 6.07) is 0. The maximum atomic E-state index is 5.59. The van der Waals surface area contributed by atoms with Gasteiger partial charge in [0.15, 0.2) is 0 Å². The van der Waals surface area contributed by atoms with Crippen LogP contribution in [0.2, 0.25) is 0 Å². The van der Waals surface area contributed by atoms with E-state index in [1.54, 1.807) is 0 Å². The van der Waals surface area contributed by atoms with Crippen LogP contribution >= 0.6 is 0 Å². The molecule has 2 heteroatoms. The van der Waals surface area contributed by atoms with Crippen molar-refractivity contribution in [2.45, 2.75) is 38.5 Å². The summed E-state index contributed by atoms with van der Waals surface area (Å²) < 4.78 is 0. The Labute approximate surface area is 75.7 Å². The van der Waals surface area contributed by atoms with E-state index in [2.05, 4.69) is 0 Å². The lowest BCUT2D eigenvalue weighted by atomic mass is 9.76. The standard InChI is InChI=1S/C10H22N2/c11-7-5-9-3-1-2-4-10(9)6-8-12/h9-10H,1-8,11-12H2/t9-,10-/m0/s1. The van der Waals surface area contributed by atoms with Crippen molar-refractivity contribution >= 4 is 0 Å². The first-order valence-corrected chi connectivity index (χ1v) is 5.28. The van der Waals surface area contributed by atoms with Crippen molar-refractivity contribution in [3.05, 3.63) is 0 Å². The Hall–Kier alpha value is -0.0800. The van der Waals surface area contributed by atoms with Gasteiger partial charge in [-0.2, -0.15) is 0 Å². The van der Waals surface area contributed by atoms with Gasteiger partial charge in [-0.15, -0.1) is 0 Å². The lowest BCUT2D eigenvalue weighted by molar-refractivity contribution is 0.217. The van der Waals surface area contributed by atoms with Crippen LogP contribution in [-0.2, 0) is 0 Å². The van der Waals surface area contributed by atoms with Crippen molar-refractivity contribution < 1.29 is 0 Å². The zero-order valence-electron chi connectivity index (χ0n) is 7.97. The van der Waals surface area contributed by atoms with Crippen LogP contribution in [-0.4, -0.2) is 13.1 Å². The fourth-order valence-electron chi connectivity index (χ4n) is 2.47. The second-order valence-electron chi connectivity index (χ2n) is 3.96. The SMILES string of the molecule is NCC[C@@H]1CCCC[C@H]1CCN. The smallest absolute Gasteiger partial charge is 0.00745 e. The third kappa shape index (κ3) is 2.76. The van der Waals surface area contributed by atoms with Crippen LogP contribution in [0.4, 0.5) is 0 Å². The van der Waals surface area contributed by atoms with Crippen molar-refractivity contribution in [1.82, 2.24) is 0 Å². The van der Waals surface area contributed by atoms with E-state index in [1.165, 1.54) is 38.5 Å². The highest BCUT2D eigenvalue weighted by atomic mass is 14.5. The Morgan fingerprint density at radius 1 is 0.833 bits per heavy atom. The zero-order valence-corrected chi connectivity index (χ0v) is 7.97. The summed E-state index contributed by atoms with van der Waals surface area (Å²) in [7, 11) is 0. The second kappa shape index (κ2) is 5.55. The predicted molar refractivity (Wildman–Crippen MR) is 52.8 cm³/mol. The highest BCUT2D eigenvalue weighted by Crippen LogP contribution is 2.33. The summed E-state index contributed by atoms with van der Waals surface area (Å²) in [5.74, 6) is 1.76. The van der Waals surface area contributed by atoms with E-state index in [1.807, 2.05) is 0 Å². The molecule has 0 bridgehead atoms. The Kier molecular flexibility index (Phi) is 4.62. The van der Waals surface area contributed by atoms with Gasteiger partial charge in [0.05, 0.1) is 0 Å². The lowest BCUT2D eigenvalue weighted by Gasteiger charge is -2.31. The quantitative estimate of drug-likeness (QED) is 0.671. The Morgan fingerprint density at radius 3 is 1.58 bits per heavy atom. The molecular weight excluding hydrogens is 148 g/mol. The third-order valence-corrected chi connectivity index (χ3v) is 3.14. The molecule has 1 fully saturated rings. The summed E-state index contributed by atoms with van der Waals surface area (Å²) in [6.45, 7) is 1.71. The molecule has 12 heavy (non-hydrogen) atoms. The number of rotatable bonds is 4. The molecule has 0 radical (unpaired) electrons. The first-order valence-electron chi connectivity index (χ1n) is 5.28.